The quantitative estimate of drug-likeness (QED) is 0.354. The first-order valence-electron chi connectivity index (χ1n) is 5.36. The van der Waals surface area contributed by atoms with Crippen LogP contribution in [0.25, 0.3) is 0 Å². The van der Waals surface area contributed by atoms with Crippen LogP contribution in [0.1, 0.15) is 6.42 Å². The predicted octanol–water partition coefficient (Wildman–Crippen LogP) is 1.90. The van der Waals surface area contributed by atoms with E-state index in [1.54, 1.807) is 0 Å². The molecule has 0 amide bonds. The fourth-order valence-electron chi connectivity index (χ4n) is 1.50. The maximum Gasteiger partial charge on any atom is 0.514 e. The summed E-state index contributed by atoms with van der Waals surface area (Å²) in [6.07, 6.45) is -0.468. The van der Waals surface area contributed by atoms with E-state index in [9.17, 15) is 14.9 Å². The van der Waals surface area contributed by atoms with E-state index < -0.39 is 11.1 Å². The number of nitro benzene ring substituents is 1. The van der Waals surface area contributed by atoms with Crippen LogP contribution in [0, 0.1) is 10.1 Å². The summed E-state index contributed by atoms with van der Waals surface area (Å²) in [5, 5.41) is 10.4. The molecule has 7 nitrogen and oxygen atoms in total. The molecule has 0 saturated carbocycles. The summed E-state index contributed by atoms with van der Waals surface area (Å²) in [5.41, 5.74) is -0.0695. The summed E-state index contributed by atoms with van der Waals surface area (Å²) in [6.45, 7) is 0.935. The molecule has 96 valence electrons. The molecule has 1 saturated heterocycles. The van der Waals surface area contributed by atoms with Gasteiger partial charge in [0.2, 0.25) is 0 Å². The predicted molar refractivity (Wildman–Crippen MR) is 59.4 cm³/mol. The highest BCUT2D eigenvalue weighted by Gasteiger charge is 2.21. The summed E-state index contributed by atoms with van der Waals surface area (Å²) in [7, 11) is 0. The maximum atomic E-state index is 11.4. The van der Waals surface area contributed by atoms with Crippen molar-refractivity contribution in [1.82, 2.24) is 0 Å². The highest BCUT2D eigenvalue weighted by molar-refractivity contribution is 5.64. The number of ether oxygens (including phenoxy) is 3. The molecule has 1 aromatic carbocycles. The molecule has 18 heavy (non-hydrogen) atoms. The van der Waals surface area contributed by atoms with Gasteiger partial charge in [0, 0.05) is 18.6 Å². The van der Waals surface area contributed by atoms with E-state index in [1.165, 1.54) is 24.3 Å². The van der Waals surface area contributed by atoms with Crippen LogP contribution in [0.15, 0.2) is 24.3 Å². The Morgan fingerprint density at radius 2 is 2.11 bits per heavy atom. The second-order valence-electron chi connectivity index (χ2n) is 3.71. The number of hydrogen-bond acceptors (Lipinski definition) is 6. The summed E-state index contributed by atoms with van der Waals surface area (Å²) < 4.78 is 14.9. The Labute approximate surface area is 102 Å². The molecule has 0 N–H and O–H groups in total. The van der Waals surface area contributed by atoms with Crippen LogP contribution in [0.4, 0.5) is 10.5 Å². The Hall–Kier alpha value is -2.15. The van der Waals surface area contributed by atoms with Gasteiger partial charge >= 0.3 is 6.16 Å². The molecule has 2 rings (SSSR count). The van der Waals surface area contributed by atoms with Gasteiger partial charge in [-0.05, 0) is 12.1 Å². The first-order valence-corrected chi connectivity index (χ1v) is 5.36. The van der Waals surface area contributed by atoms with Crippen LogP contribution < -0.4 is 4.74 Å². The molecule has 1 fully saturated rings. The summed E-state index contributed by atoms with van der Waals surface area (Å²) >= 11 is 0. The molecule has 0 spiro atoms. The summed E-state index contributed by atoms with van der Waals surface area (Å²) in [5.74, 6) is 0.199. The zero-order valence-electron chi connectivity index (χ0n) is 9.40. The number of rotatable bonds is 3. The van der Waals surface area contributed by atoms with Crippen molar-refractivity contribution in [2.24, 2.45) is 0 Å². The van der Waals surface area contributed by atoms with Crippen molar-refractivity contribution >= 4 is 11.8 Å². The molecule has 0 bridgehead atoms. The third-order valence-corrected chi connectivity index (χ3v) is 2.40. The number of nitrogens with zero attached hydrogens (tertiary/aromatic N) is 1. The van der Waals surface area contributed by atoms with Gasteiger partial charge in [-0.1, -0.05) is 0 Å². The van der Waals surface area contributed by atoms with Gasteiger partial charge < -0.3 is 14.2 Å². The lowest BCUT2D eigenvalue weighted by molar-refractivity contribution is -0.384. The maximum absolute atomic E-state index is 11.4. The van der Waals surface area contributed by atoms with Crippen molar-refractivity contribution in [3.63, 3.8) is 0 Å². The molecule has 1 aromatic rings. The number of non-ortho nitro benzene ring substituents is 1. The van der Waals surface area contributed by atoms with E-state index in [0.29, 0.717) is 19.6 Å². The van der Waals surface area contributed by atoms with Gasteiger partial charge in [-0.15, -0.1) is 0 Å². The van der Waals surface area contributed by atoms with Crippen LogP contribution in [0.2, 0.25) is 0 Å². The molecule has 1 aliphatic heterocycles. The Morgan fingerprint density at radius 1 is 1.39 bits per heavy atom. The van der Waals surface area contributed by atoms with Crippen molar-refractivity contribution in [1.29, 1.82) is 0 Å². The van der Waals surface area contributed by atoms with Gasteiger partial charge in [-0.3, -0.25) is 10.1 Å². The number of hydrogen-bond donors (Lipinski definition) is 0. The zero-order chi connectivity index (χ0) is 13.0. The Kier molecular flexibility index (Phi) is 3.73. The van der Waals surface area contributed by atoms with E-state index in [4.69, 9.17) is 14.2 Å². The standard InChI is InChI=1S/C11H11NO6/c13-11(18-10-5-6-16-7-10)17-9-3-1-8(2-4-9)12(14)15/h1-4,10H,5-7H2/t10-/m0/s1. The van der Waals surface area contributed by atoms with Crippen molar-refractivity contribution in [2.75, 3.05) is 13.2 Å². The minimum absolute atomic E-state index is 0.0695. The van der Waals surface area contributed by atoms with Gasteiger partial charge in [-0.2, -0.15) is 0 Å². The van der Waals surface area contributed by atoms with Gasteiger partial charge in [0.1, 0.15) is 11.9 Å². The smallest absolute Gasteiger partial charge is 0.428 e. The molecule has 1 heterocycles. The van der Waals surface area contributed by atoms with E-state index in [2.05, 4.69) is 0 Å². The van der Waals surface area contributed by atoms with E-state index >= 15 is 0 Å². The van der Waals surface area contributed by atoms with Crippen molar-refractivity contribution in [2.45, 2.75) is 12.5 Å². The lowest BCUT2D eigenvalue weighted by atomic mass is 10.3. The number of carbonyl (C=O) groups is 1. The minimum atomic E-state index is -0.834. The Morgan fingerprint density at radius 3 is 2.67 bits per heavy atom. The van der Waals surface area contributed by atoms with Gasteiger partial charge in [0.25, 0.3) is 5.69 Å². The molecule has 7 heteroatoms. The van der Waals surface area contributed by atoms with Crippen LogP contribution in [-0.4, -0.2) is 30.4 Å². The zero-order valence-corrected chi connectivity index (χ0v) is 9.40. The second kappa shape index (κ2) is 5.46. The molecule has 1 atom stereocenters. The van der Waals surface area contributed by atoms with Crippen molar-refractivity contribution in [3.05, 3.63) is 34.4 Å². The lowest BCUT2D eigenvalue weighted by Gasteiger charge is -2.09. The lowest BCUT2D eigenvalue weighted by Crippen LogP contribution is -2.20. The van der Waals surface area contributed by atoms with Crippen LogP contribution in [0.5, 0.6) is 5.75 Å². The number of carbonyl (C=O) groups excluding carboxylic acids is 1. The number of benzene rings is 1. The third-order valence-electron chi connectivity index (χ3n) is 2.40. The topological polar surface area (TPSA) is 87.9 Å². The van der Waals surface area contributed by atoms with E-state index in [1.807, 2.05) is 0 Å². The van der Waals surface area contributed by atoms with Gasteiger partial charge in [0.15, 0.2) is 0 Å². The molecule has 1 aliphatic rings. The molecular weight excluding hydrogens is 242 g/mol. The highest BCUT2D eigenvalue weighted by Crippen LogP contribution is 2.18. The fourth-order valence-corrected chi connectivity index (χ4v) is 1.50. The van der Waals surface area contributed by atoms with Crippen LogP contribution >= 0.6 is 0 Å². The van der Waals surface area contributed by atoms with Gasteiger partial charge in [0.05, 0.1) is 18.1 Å². The molecule has 0 aliphatic carbocycles. The first-order chi connectivity index (χ1) is 8.65. The SMILES string of the molecule is O=C(Oc1ccc([N+](=O)[O-])cc1)O[C@H]1CCOC1. The molecule has 0 radical (unpaired) electrons. The van der Waals surface area contributed by atoms with Gasteiger partial charge in [-0.25, -0.2) is 4.79 Å². The van der Waals surface area contributed by atoms with Crippen LogP contribution in [-0.2, 0) is 9.47 Å². The monoisotopic (exact) mass is 253 g/mol. The van der Waals surface area contributed by atoms with Crippen molar-refractivity contribution < 1.29 is 23.9 Å². The van der Waals surface area contributed by atoms with Crippen LogP contribution in [0.3, 0.4) is 0 Å². The molecular formula is C11H11NO6. The fraction of sp³-hybridized carbons (Fsp3) is 0.364. The Bertz CT molecular complexity index is 437. The third kappa shape index (κ3) is 3.17. The Balaban J connectivity index is 1.88. The largest absolute Gasteiger partial charge is 0.514 e. The summed E-state index contributed by atoms with van der Waals surface area (Å²) in [6, 6.07) is 5.18. The molecule has 0 aromatic heterocycles. The average Bonchev–Trinajstić information content (AvgIpc) is 2.82. The van der Waals surface area contributed by atoms with E-state index in [0.717, 1.165) is 0 Å². The van der Waals surface area contributed by atoms with Crippen molar-refractivity contribution in [3.8, 4) is 5.75 Å². The second-order valence-corrected chi connectivity index (χ2v) is 3.71. The highest BCUT2D eigenvalue weighted by atomic mass is 16.7. The normalized spacial score (nSPS) is 18.3. The first kappa shape index (κ1) is 12.3. The average molecular weight is 253 g/mol. The minimum Gasteiger partial charge on any atom is -0.428 e. The summed E-state index contributed by atoms with van der Waals surface area (Å²) in [4.78, 5) is 21.2. The molecule has 0 unspecified atom stereocenters. The number of nitro groups is 1. The van der Waals surface area contributed by atoms with E-state index in [-0.39, 0.29) is 17.5 Å².